The van der Waals surface area contributed by atoms with E-state index in [1.54, 1.807) is 0 Å². The Morgan fingerprint density at radius 1 is 1.46 bits per heavy atom. The average Bonchev–Trinajstić information content (AvgIpc) is 3.10. The first-order valence-corrected chi connectivity index (χ1v) is 7.66. The molecule has 0 bridgehead atoms. The Balaban J connectivity index is 1.96. The minimum Gasteiger partial charge on any atom is -0.271 e. The number of hydrogen-bond donors (Lipinski definition) is 0. The number of rotatable bonds is 4. The van der Waals surface area contributed by atoms with Crippen molar-refractivity contribution in [3.05, 3.63) is 63.9 Å². The minimum absolute atomic E-state index is 0.187. The van der Waals surface area contributed by atoms with Gasteiger partial charge in [-0.05, 0) is 18.9 Å². The van der Waals surface area contributed by atoms with Gasteiger partial charge in [-0.1, -0.05) is 36.4 Å². The SMILES string of the molecule is C/C=C(/C#N)C(F)(F)Cn1nc2n(c1=O)C(c1ccccc1)CC2. The third kappa shape index (κ3) is 2.64. The molecule has 2 aromatic rings. The van der Waals surface area contributed by atoms with Crippen molar-refractivity contribution in [2.45, 2.75) is 38.3 Å². The Morgan fingerprint density at radius 2 is 2.17 bits per heavy atom. The molecular formula is C17H16F2N4O. The van der Waals surface area contributed by atoms with E-state index in [1.807, 2.05) is 30.3 Å². The molecule has 0 saturated carbocycles. The van der Waals surface area contributed by atoms with Gasteiger partial charge in [-0.25, -0.2) is 9.48 Å². The molecule has 1 aromatic heterocycles. The second-order valence-corrected chi connectivity index (χ2v) is 5.71. The highest BCUT2D eigenvalue weighted by atomic mass is 19.3. The third-order valence-corrected chi connectivity index (χ3v) is 4.23. The normalized spacial score (nSPS) is 17.6. The summed E-state index contributed by atoms with van der Waals surface area (Å²) in [5, 5.41) is 12.9. The maximum Gasteiger partial charge on any atom is 0.346 e. The Bertz CT molecular complexity index is 874. The van der Waals surface area contributed by atoms with Crippen molar-refractivity contribution in [2.75, 3.05) is 0 Å². The molecule has 24 heavy (non-hydrogen) atoms. The smallest absolute Gasteiger partial charge is 0.271 e. The molecule has 2 heterocycles. The predicted molar refractivity (Wildman–Crippen MR) is 83.7 cm³/mol. The van der Waals surface area contributed by atoms with Crippen LogP contribution >= 0.6 is 0 Å². The van der Waals surface area contributed by atoms with Crippen LogP contribution in [0.2, 0.25) is 0 Å². The summed E-state index contributed by atoms with van der Waals surface area (Å²) in [4.78, 5) is 12.5. The van der Waals surface area contributed by atoms with E-state index in [1.165, 1.54) is 17.6 Å². The second kappa shape index (κ2) is 6.04. The average molecular weight is 330 g/mol. The van der Waals surface area contributed by atoms with Gasteiger partial charge in [0, 0.05) is 6.42 Å². The van der Waals surface area contributed by atoms with E-state index in [0.717, 1.165) is 22.7 Å². The van der Waals surface area contributed by atoms with E-state index >= 15 is 0 Å². The zero-order valence-electron chi connectivity index (χ0n) is 13.1. The van der Waals surface area contributed by atoms with Crippen molar-refractivity contribution in [2.24, 2.45) is 0 Å². The molecule has 1 atom stereocenters. The van der Waals surface area contributed by atoms with Crippen LogP contribution < -0.4 is 5.69 Å². The number of benzene rings is 1. The molecule has 0 spiro atoms. The van der Waals surface area contributed by atoms with Crippen LogP contribution in [0, 0.1) is 11.3 Å². The molecule has 0 fully saturated rings. The topological polar surface area (TPSA) is 63.6 Å². The first kappa shape index (κ1) is 16.1. The molecule has 1 unspecified atom stereocenters. The van der Waals surface area contributed by atoms with E-state index in [0.29, 0.717) is 12.2 Å². The van der Waals surface area contributed by atoms with Crippen molar-refractivity contribution < 1.29 is 8.78 Å². The second-order valence-electron chi connectivity index (χ2n) is 5.71. The molecule has 0 aliphatic carbocycles. The highest BCUT2D eigenvalue weighted by Gasteiger charge is 2.37. The number of allylic oxidation sites excluding steroid dienone is 2. The summed E-state index contributed by atoms with van der Waals surface area (Å²) in [7, 11) is 0. The predicted octanol–water partition coefficient (Wildman–Crippen LogP) is 2.69. The Labute approximate surface area is 137 Å². The van der Waals surface area contributed by atoms with Crippen molar-refractivity contribution in [1.29, 1.82) is 5.26 Å². The Hall–Kier alpha value is -2.75. The highest BCUT2D eigenvalue weighted by molar-refractivity contribution is 5.27. The number of halogens is 2. The number of fused-ring (bicyclic) bond motifs is 1. The fourth-order valence-electron chi connectivity index (χ4n) is 3.07. The molecular weight excluding hydrogens is 314 g/mol. The van der Waals surface area contributed by atoms with Gasteiger partial charge in [-0.15, -0.1) is 0 Å². The zero-order chi connectivity index (χ0) is 17.3. The summed E-state index contributed by atoms with van der Waals surface area (Å²) in [5.41, 5.74) is -0.276. The highest BCUT2D eigenvalue weighted by Crippen LogP contribution is 2.30. The largest absolute Gasteiger partial charge is 0.346 e. The molecule has 0 radical (unpaired) electrons. The molecule has 3 rings (SSSR count). The van der Waals surface area contributed by atoms with Gasteiger partial charge in [0.2, 0.25) is 0 Å². The first-order valence-electron chi connectivity index (χ1n) is 7.66. The molecule has 7 heteroatoms. The van der Waals surface area contributed by atoms with Crippen molar-refractivity contribution in [3.63, 3.8) is 0 Å². The lowest BCUT2D eigenvalue weighted by Crippen LogP contribution is -2.34. The summed E-state index contributed by atoms with van der Waals surface area (Å²) in [6, 6.07) is 10.7. The van der Waals surface area contributed by atoms with Gasteiger partial charge >= 0.3 is 11.6 Å². The van der Waals surface area contributed by atoms with E-state index < -0.39 is 23.7 Å². The fourth-order valence-corrected chi connectivity index (χ4v) is 3.07. The summed E-state index contributed by atoms with van der Waals surface area (Å²) >= 11 is 0. The monoisotopic (exact) mass is 330 g/mol. The van der Waals surface area contributed by atoms with Crippen LogP contribution in [0.1, 0.15) is 30.8 Å². The van der Waals surface area contributed by atoms with Crippen LogP contribution in [0.25, 0.3) is 0 Å². The first-order chi connectivity index (χ1) is 11.5. The van der Waals surface area contributed by atoms with E-state index in [9.17, 15) is 13.6 Å². The van der Waals surface area contributed by atoms with Gasteiger partial charge in [-0.2, -0.15) is 19.1 Å². The van der Waals surface area contributed by atoms with E-state index in [4.69, 9.17) is 5.26 Å². The van der Waals surface area contributed by atoms with Crippen LogP contribution in [0.4, 0.5) is 8.78 Å². The zero-order valence-corrected chi connectivity index (χ0v) is 13.1. The third-order valence-electron chi connectivity index (χ3n) is 4.23. The summed E-state index contributed by atoms with van der Waals surface area (Å²) < 4.78 is 30.5. The maximum absolute atomic E-state index is 14.1. The number of nitriles is 1. The van der Waals surface area contributed by atoms with Gasteiger partial charge in [0.05, 0.1) is 11.6 Å². The van der Waals surface area contributed by atoms with Crippen LogP contribution in [-0.4, -0.2) is 20.3 Å². The van der Waals surface area contributed by atoms with Crippen molar-refractivity contribution >= 4 is 0 Å². The molecule has 0 amide bonds. The van der Waals surface area contributed by atoms with Gasteiger partial charge in [0.25, 0.3) is 0 Å². The van der Waals surface area contributed by atoms with Crippen molar-refractivity contribution in [3.8, 4) is 6.07 Å². The van der Waals surface area contributed by atoms with Gasteiger partial charge in [0.15, 0.2) is 0 Å². The lowest BCUT2D eigenvalue weighted by molar-refractivity contribution is 0.0224. The number of aryl methyl sites for hydroxylation is 1. The Kier molecular flexibility index (Phi) is 4.06. The summed E-state index contributed by atoms with van der Waals surface area (Å²) in [6.45, 7) is 0.439. The minimum atomic E-state index is -3.43. The number of alkyl halides is 2. The molecule has 1 aliphatic rings. The summed E-state index contributed by atoms with van der Waals surface area (Å²) in [6.07, 6.45) is 2.33. The number of hydrogen-bond acceptors (Lipinski definition) is 3. The molecule has 1 aliphatic heterocycles. The van der Waals surface area contributed by atoms with Gasteiger partial charge in [-0.3, -0.25) is 4.57 Å². The van der Waals surface area contributed by atoms with Gasteiger partial charge < -0.3 is 0 Å². The number of nitrogens with zero attached hydrogens (tertiary/aromatic N) is 4. The number of aromatic nitrogens is 3. The van der Waals surface area contributed by atoms with Crippen molar-refractivity contribution in [1.82, 2.24) is 14.3 Å². The molecule has 5 nitrogen and oxygen atoms in total. The summed E-state index contributed by atoms with van der Waals surface area (Å²) in [5.74, 6) is -2.92. The molecule has 1 aromatic carbocycles. The quantitative estimate of drug-likeness (QED) is 0.810. The van der Waals surface area contributed by atoms with E-state index in [-0.39, 0.29) is 6.04 Å². The van der Waals surface area contributed by atoms with Crippen LogP contribution in [-0.2, 0) is 13.0 Å². The van der Waals surface area contributed by atoms with Crippen LogP contribution in [0.5, 0.6) is 0 Å². The molecule has 0 saturated heterocycles. The molecule has 124 valence electrons. The lowest BCUT2D eigenvalue weighted by atomic mass is 10.1. The standard InChI is InChI=1S/C17H16F2N4O/c1-2-13(10-20)17(18,19)11-22-16(24)23-14(8-9-15(23)21-22)12-6-4-3-5-7-12/h2-7,14H,8-9,11H2,1H3/b13-2-. The maximum atomic E-state index is 14.1. The van der Waals surface area contributed by atoms with E-state index in [2.05, 4.69) is 5.10 Å². The lowest BCUT2D eigenvalue weighted by Gasteiger charge is -2.15. The van der Waals surface area contributed by atoms with Crippen LogP contribution in [0.3, 0.4) is 0 Å². The van der Waals surface area contributed by atoms with Crippen LogP contribution in [0.15, 0.2) is 46.8 Å². The molecule has 0 N–H and O–H groups in total. The fraction of sp³-hybridized carbons (Fsp3) is 0.353. The Morgan fingerprint density at radius 3 is 2.79 bits per heavy atom. The van der Waals surface area contributed by atoms with Gasteiger partial charge in [0.1, 0.15) is 18.4 Å².